The number of ether oxygens (including phenoxy) is 5. The van der Waals surface area contributed by atoms with Crippen LogP contribution >= 0.6 is 11.3 Å². The number of anilines is 1. The second kappa shape index (κ2) is 28.2. The number of nitrogens with two attached hydrogens (primary N) is 2. The third-order valence-corrected chi connectivity index (χ3v) is 14.8. The number of cyclic esters (lactones) is 1. The number of aliphatic hydroxyl groups is 2. The van der Waals surface area contributed by atoms with Gasteiger partial charge in [0.2, 0.25) is 11.8 Å². The van der Waals surface area contributed by atoms with Gasteiger partial charge in [-0.3, -0.25) is 24.2 Å². The SMILES string of the molecule is CC(=O)O.CCC(=O)N=C1[C@H](C)C[C@@]2(C)OC/C(=N/OCc3ccc(-c4nc(NC(=O)[C@@H](N)CCCCN)cs4)cn3)CO[C@@H]([C@H]1C)[C@](C)(O)[C@@H](CC)OC(=O)[C@@](C)(F)C(=O)[C@H](C)[C@H]2O[C@@H]1O[C@H](C)C[C@H](N(C)C)[C@H]1O. The molecule has 3 aliphatic rings. The van der Waals surface area contributed by atoms with Gasteiger partial charge in [-0.1, -0.05) is 46.2 Å². The maximum Gasteiger partial charge on any atom is 0.351 e. The molecule has 2 aromatic rings. The Bertz CT molecular complexity index is 2330. The fourth-order valence-electron chi connectivity index (χ4n) is 9.80. The maximum absolute atomic E-state index is 17.0. The Morgan fingerprint density at radius 1 is 1.08 bits per heavy atom. The number of esters is 1. The third-order valence-electron chi connectivity index (χ3n) is 14.0. The number of pyridine rings is 1. The van der Waals surface area contributed by atoms with Crippen molar-refractivity contribution in [2.45, 2.75) is 187 Å². The van der Waals surface area contributed by atoms with Crippen molar-refractivity contribution in [3.63, 3.8) is 0 Å². The normalized spacial score (nSPS) is 33.2. The van der Waals surface area contributed by atoms with E-state index in [2.05, 4.69) is 25.4 Å². The number of carbonyl (C=O) groups excluding carboxylic acids is 4. The molecule has 5 rings (SSSR count). The molecule has 2 bridgehead atoms. The lowest BCUT2D eigenvalue weighted by Crippen LogP contribution is -2.61. The standard InChI is InChI=1S/C50H77FN8O12S.C2H4O2/c1-12-36-50(9,65)43-29(5)39(57-38(60)13-2)27(3)21-48(7,42(30(6)41(62)49(8,51)47(64)70-36)71-46-40(61)35(59(10)11)20-28(4)69-46)67-24-33(23-66-43)58-68-25-32-18-17-31(22-54-32)45-56-37(26-72-45)55-44(63)34(53)16-14-15-19-52;1-2(3)4/h17-18,22,26-30,34-36,40,42-43,46,61,65H,12-16,19-21,23-25,52-53H2,1-11H3,(H,55,63);1H3,(H,3,4)/b57-39?,58-33+;/t27-,28-,29+,30+,34+,35+,36-,40-,42-,43+,46+,48-,49+,50-;/m1./s1. The first-order valence-electron chi connectivity index (χ1n) is 25.8. The second-order valence-corrected chi connectivity index (χ2v) is 21.6. The van der Waals surface area contributed by atoms with Crippen LogP contribution in [0.3, 0.4) is 0 Å². The van der Waals surface area contributed by atoms with Crippen LogP contribution in [0.1, 0.15) is 120 Å². The smallest absolute Gasteiger partial charge is 0.351 e. The van der Waals surface area contributed by atoms with Crippen LogP contribution < -0.4 is 16.8 Å². The number of unbranched alkanes of at least 4 members (excludes halogenated alkanes) is 1. The molecule has 24 heteroatoms. The van der Waals surface area contributed by atoms with Gasteiger partial charge >= 0.3 is 5.97 Å². The average molecular weight is 1090 g/mol. The number of aliphatic hydroxyl groups excluding tert-OH is 1. The van der Waals surface area contributed by atoms with Gasteiger partial charge in [0.25, 0.3) is 11.6 Å². The van der Waals surface area contributed by atoms with E-state index in [-0.39, 0.29) is 50.7 Å². The topological polar surface area (TPSA) is 319 Å². The largest absolute Gasteiger partial charge is 0.481 e. The molecule has 426 valence electrons. The zero-order valence-electron chi connectivity index (χ0n) is 45.9. The van der Waals surface area contributed by atoms with Crippen LogP contribution in [0.5, 0.6) is 0 Å². The van der Waals surface area contributed by atoms with E-state index < -0.39 is 107 Å². The summed E-state index contributed by atoms with van der Waals surface area (Å²) in [6.07, 6.45) is -3.04. The number of aromatic nitrogens is 2. The van der Waals surface area contributed by atoms with Crippen LogP contribution in [0.4, 0.5) is 10.2 Å². The van der Waals surface area contributed by atoms with Gasteiger partial charge in [0.15, 0.2) is 18.7 Å². The number of carboxylic acids is 1. The lowest BCUT2D eigenvalue weighted by molar-refractivity contribution is -0.296. The Labute approximate surface area is 448 Å². The highest BCUT2D eigenvalue weighted by Crippen LogP contribution is 2.41. The van der Waals surface area contributed by atoms with Crippen LogP contribution in [0.2, 0.25) is 0 Å². The number of aliphatic imine (C=N–C) groups is 1. The summed E-state index contributed by atoms with van der Waals surface area (Å²) in [5, 5.41) is 41.2. The van der Waals surface area contributed by atoms with Crippen molar-refractivity contribution in [2.75, 3.05) is 39.2 Å². The van der Waals surface area contributed by atoms with Crippen LogP contribution in [0, 0.1) is 17.8 Å². The Morgan fingerprint density at radius 3 is 2.37 bits per heavy atom. The summed E-state index contributed by atoms with van der Waals surface area (Å²) >= 11 is 1.32. The molecule has 8 N–H and O–H groups in total. The molecule has 22 nitrogen and oxygen atoms in total. The van der Waals surface area contributed by atoms with Crippen molar-refractivity contribution in [1.29, 1.82) is 0 Å². The minimum atomic E-state index is -3.25. The highest BCUT2D eigenvalue weighted by Gasteiger charge is 2.57. The van der Waals surface area contributed by atoms with Crippen LogP contribution in [-0.2, 0) is 59.1 Å². The second-order valence-electron chi connectivity index (χ2n) is 20.7. The highest BCUT2D eigenvalue weighted by atomic mass is 32.1. The van der Waals surface area contributed by atoms with E-state index in [1.54, 1.807) is 51.4 Å². The Morgan fingerprint density at radius 2 is 1.76 bits per heavy atom. The first-order valence-corrected chi connectivity index (χ1v) is 26.7. The number of thiazole rings is 1. The van der Waals surface area contributed by atoms with Crippen LogP contribution in [0.25, 0.3) is 10.6 Å². The van der Waals surface area contributed by atoms with E-state index in [1.165, 1.54) is 25.2 Å². The van der Waals surface area contributed by atoms with Gasteiger partial charge < -0.3 is 65.5 Å². The summed E-state index contributed by atoms with van der Waals surface area (Å²) in [5.41, 5.74) is 6.32. The lowest BCUT2D eigenvalue weighted by Gasteiger charge is -2.47. The van der Waals surface area contributed by atoms with Gasteiger partial charge in [0.05, 0.1) is 48.9 Å². The number of hydrogen-bond acceptors (Lipinski definition) is 20. The van der Waals surface area contributed by atoms with E-state index in [9.17, 15) is 29.4 Å². The fourth-order valence-corrected chi connectivity index (χ4v) is 10.5. The van der Waals surface area contributed by atoms with Crippen LogP contribution in [0.15, 0.2) is 33.9 Å². The van der Waals surface area contributed by atoms with Gasteiger partial charge in [-0.25, -0.2) is 19.2 Å². The van der Waals surface area contributed by atoms with Gasteiger partial charge in [0.1, 0.15) is 34.3 Å². The lowest BCUT2D eigenvalue weighted by atomic mass is 9.73. The molecule has 3 fully saturated rings. The number of aliphatic carboxylic acids is 1. The highest BCUT2D eigenvalue weighted by molar-refractivity contribution is 7.13. The summed E-state index contributed by atoms with van der Waals surface area (Å²) in [4.78, 5) is 84.8. The number of halogens is 1. The molecule has 0 aromatic carbocycles. The van der Waals surface area contributed by atoms with E-state index >= 15 is 4.39 Å². The van der Waals surface area contributed by atoms with Crippen molar-refractivity contribution in [2.24, 2.45) is 39.4 Å². The van der Waals surface area contributed by atoms with E-state index in [4.69, 9.17) is 49.9 Å². The number of alkyl halides is 1. The molecule has 3 aliphatic heterocycles. The molecule has 5 heterocycles. The van der Waals surface area contributed by atoms with Gasteiger partial charge in [-0.05, 0) is 98.5 Å². The van der Waals surface area contributed by atoms with E-state index in [0.717, 1.165) is 26.7 Å². The summed E-state index contributed by atoms with van der Waals surface area (Å²) in [6.45, 7) is 14.8. The first kappa shape index (κ1) is 63.8. The van der Waals surface area contributed by atoms with Gasteiger partial charge in [-0.15, -0.1) is 11.3 Å². The quantitative estimate of drug-likeness (QED) is 0.0614. The molecule has 14 atom stereocenters. The first-order chi connectivity index (χ1) is 35.6. The van der Waals surface area contributed by atoms with Crippen molar-refractivity contribution in [3.05, 3.63) is 29.4 Å². The number of amides is 2. The number of carboxylic acid groups (broad SMARTS) is 1. The molecule has 0 aliphatic carbocycles. The number of Topliss-reactive ketones (excluding diaryl/α,β-unsaturated/α-hetero) is 1. The minimum absolute atomic E-state index is 0.0232. The summed E-state index contributed by atoms with van der Waals surface area (Å²) < 4.78 is 49.1. The Kier molecular flexibility index (Phi) is 23.7. The molecule has 0 radical (unpaired) electrons. The summed E-state index contributed by atoms with van der Waals surface area (Å²) in [7, 11) is 3.62. The monoisotopic (exact) mass is 1090 g/mol. The Hall–Kier alpha value is -4.76. The predicted molar refractivity (Wildman–Crippen MR) is 282 cm³/mol. The van der Waals surface area contributed by atoms with Gasteiger partial charge in [0, 0.05) is 54.1 Å². The zero-order chi connectivity index (χ0) is 56.9. The molecule has 0 spiro atoms. The van der Waals surface area contributed by atoms with Crippen LogP contribution in [-0.4, -0.2) is 171 Å². The van der Waals surface area contributed by atoms with E-state index in [0.29, 0.717) is 47.2 Å². The number of oxime groups is 1. The van der Waals surface area contributed by atoms with Crippen molar-refractivity contribution < 1.29 is 72.2 Å². The number of nitrogens with zero attached hydrogens (tertiary/aromatic N) is 5. The molecule has 2 aromatic heterocycles. The van der Waals surface area contributed by atoms with E-state index in [1.807, 2.05) is 32.8 Å². The molecule has 2 amide bonds. The number of hydrogen-bond donors (Lipinski definition) is 6. The molecule has 76 heavy (non-hydrogen) atoms. The maximum atomic E-state index is 17.0. The predicted octanol–water partition coefficient (Wildman–Crippen LogP) is 4.61. The molecular weight excluding hydrogens is 1010 g/mol. The molecule has 0 unspecified atom stereocenters. The van der Waals surface area contributed by atoms with Crippen molar-refractivity contribution >= 4 is 58.1 Å². The fraction of sp³-hybridized carbons (Fsp3) is 0.712. The number of fused-ring (bicyclic) bond motifs is 5. The molecule has 3 saturated heterocycles. The Balaban J connectivity index is 0.00000301. The molecular formula is C52H81FN8O14S. The van der Waals surface area contributed by atoms with Gasteiger partial charge in [-0.2, -0.15) is 0 Å². The minimum Gasteiger partial charge on any atom is -0.481 e. The number of carbonyl (C=O) groups is 5. The number of nitrogens with one attached hydrogen (secondary N) is 1. The summed E-state index contributed by atoms with van der Waals surface area (Å²) in [6, 6.07) is 2.41. The molecule has 0 saturated carbocycles. The summed E-state index contributed by atoms with van der Waals surface area (Å²) in [5.74, 6) is -6.96. The number of ketones is 1. The third kappa shape index (κ3) is 16.6. The number of likely N-dealkylation sites (N-methyl/N-ethyl adjacent to an activating group) is 1. The van der Waals surface area contributed by atoms with Crippen molar-refractivity contribution in [1.82, 2.24) is 14.9 Å². The van der Waals surface area contributed by atoms with Crippen molar-refractivity contribution in [3.8, 4) is 10.6 Å². The average Bonchev–Trinajstić information content (AvgIpc) is 3.82. The number of rotatable bonds is 15. The zero-order valence-corrected chi connectivity index (χ0v) is 46.8.